The van der Waals surface area contributed by atoms with Gasteiger partial charge < -0.3 is 5.11 Å². The number of aromatic nitrogens is 1. The molecule has 0 aromatic carbocycles. The van der Waals surface area contributed by atoms with E-state index >= 15 is 0 Å². The Morgan fingerprint density at radius 2 is 2.30 bits per heavy atom. The predicted octanol–water partition coefficient (Wildman–Crippen LogP) is 1.37. The third-order valence-corrected chi connectivity index (χ3v) is 1.44. The van der Waals surface area contributed by atoms with Gasteiger partial charge in [-0.05, 0) is 0 Å². The molecule has 1 rings (SSSR count). The van der Waals surface area contributed by atoms with Gasteiger partial charge in [-0.15, -0.1) is 0 Å². The number of rotatable bonds is 1. The van der Waals surface area contributed by atoms with Crippen LogP contribution in [0.3, 0.4) is 0 Å². The van der Waals surface area contributed by atoms with E-state index in [9.17, 15) is 4.39 Å². The molecular weight excluding hydrogens is 157 g/mol. The van der Waals surface area contributed by atoms with E-state index in [1.807, 2.05) is 0 Å². The van der Waals surface area contributed by atoms with E-state index in [1.54, 1.807) is 0 Å². The summed E-state index contributed by atoms with van der Waals surface area (Å²) in [6, 6.07) is 0. The fourth-order valence-electron chi connectivity index (χ4n) is 0.589. The van der Waals surface area contributed by atoms with Gasteiger partial charge in [-0.25, -0.2) is 4.39 Å². The monoisotopic (exact) mass is 161 g/mol. The van der Waals surface area contributed by atoms with Crippen LogP contribution in [0.15, 0.2) is 12.4 Å². The molecule has 0 saturated heterocycles. The summed E-state index contributed by atoms with van der Waals surface area (Å²) in [6.07, 6.45) is 2.30. The summed E-state index contributed by atoms with van der Waals surface area (Å²) in [5, 5.41) is 8.70. The van der Waals surface area contributed by atoms with Gasteiger partial charge >= 0.3 is 0 Å². The Morgan fingerprint density at radius 3 is 2.70 bits per heavy atom. The third kappa shape index (κ3) is 1.25. The molecule has 0 amide bonds. The van der Waals surface area contributed by atoms with Crippen molar-refractivity contribution in [3.05, 3.63) is 28.8 Å². The minimum Gasteiger partial charge on any atom is -0.392 e. The zero-order chi connectivity index (χ0) is 7.56. The molecule has 0 aliphatic rings. The summed E-state index contributed by atoms with van der Waals surface area (Å²) in [6.45, 7) is -0.396. The highest BCUT2D eigenvalue weighted by Crippen LogP contribution is 2.16. The minimum atomic E-state index is -0.574. The molecular formula is C6H5ClFNO. The summed E-state index contributed by atoms with van der Waals surface area (Å²) in [4.78, 5) is 3.47. The van der Waals surface area contributed by atoms with Crippen molar-refractivity contribution < 1.29 is 9.50 Å². The predicted molar refractivity (Wildman–Crippen MR) is 35.1 cm³/mol. The van der Waals surface area contributed by atoms with E-state index in [0.717, 1.165) is 6.20 Å². The van der Waals surface area contributed by atoms with Crippen molar-refractivity contribution >= 4 is 11.6 Å². The Kier molecular flexibility index (Phi) is 2.19. The van der Waals surface area contributed by atoms with Crippen LogP contribution in [0.1, 0.15) is 5.56 Å². The number of aliphatic hydroxyl groups excluding tert-OH is 1. The van der Waals surface area contributed by atoms with Crippen LogP contribution in [-0.2, 0) is 6.61 Å². The van der Waals surface area contributed by atoms with Crippen LogP contribution in [0, 0.1) is 5.82 Å². The van der Waals surface area contributed by atoms with Crippen molar-refractivity contribution in [1.29, 1.82) is 0 Å². The molecule has 1 aromatic rings. The number of nitrogens with zero attached hydrogens (tertiary/aromatic N) is 1. The van der Waals surface area contributed by atoms with Crippen LogP contribution >= 0.6 is 11.6 Å². The molecule has 1 heterocycles. The van der Waals surface area contributed by atoms with Crippen LogP contribution in [0.2, 0.25) is 5.02 Å². The molecule has 0 bridgehead atoms. The molecule has 0 aliphatic carbocycles. The van der Waals surface area contributed by atoms with Crippen molar-refractivity contribution in [2.75, 3.05) is 0 Å². The van der Waals surface area contributed by atoms with E-state index in [2.05, 4.69) is 4.98 Å². The van der Waals surface area contributed by atoms with Crippen LogP contribution < -0.4 is 0 Å². The highest BCUT2D eigenvalue weighted by molar-refractivity contribution is 6.31. The Hall–Kier alpha value is -0.670. The first kappa shape index (κ1) is 7.44. The van der Waals surface area contributed by atoms with Gasteiger partial charge in [0.15, 0.2) is 0 Å². The van der Waals surface area contributed by atoms with Crippen molar-refractivity contribution in [3.63, 3.8) is 0 Å². The Labute approximate surface area is 62.3 Å². The maximum Gasteiger partial charge on any atom is 0.148 e. The smallest absolute Gasteiger partial charge is 0.148 e. The second kappa shape index (κ2) is 2.94. The van der Waals surface area contributed by atoms with Crippen LogP contribution in [0.4, 0.5) is 4.39 Å². The molecule has 10 heavy (non-hydrogen) atoms. The van der Waals surface area contributed by atoms with E-state index in [-0.39, 0.29) is 10.6 Å². The lowest BCUT2D eigenvalue weighted by atomic mass is 10.3. The number of hydrogen-bond donors (Lipinski definition) is 1. The second-order valence-electron chi connectivity index (χ2n) is 1.74. The highest BCUT2D eigenvalue weighted by atomic mass is 35.5. The minimum absolute atomic E-state index is 0.0941. The first-order valence-corrected chi connectivity index (χ1v) is 3.02. The number of hydrogen-bond acceptors (Lipinski definition) is 2. The normalized spacial score (nSPS) is 9.90. The van der Waals surface area contributed by atoms with Gasteiger partial charge in [0.05, 0.1) is 17.8 Å². The maximum absolute atomic E-state index is 12.5. The fraction of sp³-hybridized carbons (Fsp3) is 0.167. The number of aliphatic hydroxyl groups is 1. The van der Waals surface area contributed by atoms with E-state index in [1.165, 1.54) is 6.20 Å². The molecule has 1 aromatic heterocycles. The largest absolute Gasteiger partial charge is 0.392 e. The fourth-order valence-corrected chi connectivity index (χ4v) is 0.795. The SMILES string of the molecule is OCc1c(F)cncc1Cl. The maximum atomic E-state index is 12.5. The van der Waals surface area contributed by atoms with Crippen molar-refractivity contribution in [2.24, 2.45) is 0 Å². The summed E-state index contributed by atoms with van der Waals surface area (Å²) in [5.74, 6) is -0.574. The van der Waals surface area contributed by atoms with Gasteiger partial charge in [0, 0.05) is 11.8 Å². The molecule has 0 saturated carbocycles. The van der Waals surface area contributed by atoms with Gasteiger partial charge in [0.25, 0.3) is 0 Å². The van der Waals surface area contributed by atoms with Crippen LogP contribution in [0.25, 0.3) is 0 Å². The Morgan fingerprint density at radius 1 is 1.60 bits per heavy atom. The Balaban J connectivity index is 3.17. The molecule has 1 N–H and O–H groups in total. The molecule has 0 fully saturated rings. The summed E-state index contributed by atoms with van der Waals surface area (Å²) in [7, 11) is 0. The second-order valence-corrected chi connectivity index (χ2v) is 2.15. The summed E-state index contributed by atoms with van der Waals surface area (Å²) in [5.41, 5.74) is 0.0941. The van der Waals surface area contributed by atoms with Crippen LogP contribution in [0.5, 0.6) is 0 Å². The van der Waals surface area contributed by atoms with E-state index < -0.39 is 12.4 Å². The number of pyridine rings is 1. The summed E-state index contributed by atoms with van der Waals surface area (Å²) < 4.78 is 12.5. The molecule has 4 heteroatoms. The molecule has 0 aliphatic heterocycles. The molecule has 54 valence electrons. The molecule has 0 atom stereocenters. The molecule has 2 nitrogen and oxygen atoms in total. The lowest BCUT2D eigenvalue weighted by Crippen LogP contribution is -1.91. The van der Waals surface area contributed by atoms with Crippen LogP contribution in [-0.4, -0.2) is 10.1 Å². The standard InChI is InChI=1S/C6H5ClFNO/c7-5-1-9-2-6(8)4(5)3-10/h1-2,10H,3H2. The van der Waals surface area contributed by atoms with Crippen molar-refractivity contribution in [3.8, 4) is 0 Å². The van der Waals surface area contributed by atoms with Gasteiger partial charge in [0.1, 0.15) is 5.82 Å². The number of halogens is 2. The Bertz CT molecular complexity index is 221. The quantitative estimate of drug-likeness (QED) is 0.675. The first-order chi connectivity index (χ1) is 4.75. The van der Waals surface area contributed by atoms with Crippen molar-refractivity contribution in [2.45, 2.75) is 6.61 Å². The topological polar surface area (TPSA) is 33.1 Å². The first-order valence-electron chi connectivity index (χ1n) is 2.64. The average Bonchev–Trinajstić information content (AvgIpc) is 1.88. The lowest BCUT2D eigenvalue weighted by Gasteiger charge is -1.98. The molecule has 0 spiro atoms. The zero-order valence-electron chi connectivity index (χ0n) is 5.01. The zero-order valence-corrected chi connectivity index (χ0v) is 5.77. The molecule has 0 radical (unpaired) electrons. The lowest BCUT2D eigenvalue weighted by molar-refractivity contribution is 0.275. The third-order valence-electron chi connectivity index (χ3n) is 1.11. The van der Waals surface area contributed by atoms with E-state index in [4.69, 9.17) is 16.7 Å². The van der Waals surface area contributed by atoms with Gasteiger partial charge in [-0.2, -0.15) is 0 Å². The van der Waals surface area contributed by atoms with Gasteiger partial charge in [0.2, 0.25) is 0 Å². The van der Waals surface area contributed by atoms with Crippen molar-refractivity contribution in [1.82, 2.24) is 4.98 Å². The highest BCUT2D eigenvalue weighted by Gasteiger charge is 2.04. The van der Waals surface area contributed by atoms with Gasteiger partial charge in [-0.3, -0.25) is 4.98 Å². The van der Waals surface area contributed by atoms with Gasteiger partial charge in [-0.1, -0.05) is 11.6 Å². The molecule has 0 unspecified atom stereocenters. The van der Waals surface area contributed by atoms with E-state index in [0.29, 0.717) is 0 Å². The summed E-state index contributed by atoms with van der Waals surface area (Å²) >= 11 is 5.47. The average molecular weight is 162 g/mol.